The Kier molecular flexibility index (Phi) is 3.80. The van der Waals surface area contributed by atoms with Crippen molar-refractivity contribution in [2.45, 2.75) is 31.9 Å². The van der Waals surface area contributed by atoms with Crippen molar-refractivity contribution in [3.05, 3.63) is 29.8 Å². The zero-order valence-electron chi connectivity index (χ0n) is 9.69. The summed E-state index contributed by atoms with van der Waals surface area (Å²) in [6, 6.07) is 8.35. The molecule has 1 aliphatic heterocycles. The van der Waals surface area contributed by atoms with E-state index < -0.39 is 0 Å². The van der Waals surface area contributed by atoms with Crippen molar-refractivity contribution in [2.75, 3.05) is 13.2 Å². The highest BCUT2D eigenvalue weighted by Crippen LogP contribution is 2.18. The first-order chi connectivity index (χ1) is 7.74. The first-order valence-corrected chi connectivity index (χ1v) is 5.83. The molecule has 2 N–H and O–H groups in total. The van der Waals surface area contributed by atoms with Gasteiger partial charge in [0.1, 0.15) is 11.9 Å². The van der Waals surface area contributed by atoms with Gasteiger partial charge < -0.3 is 15.2 Å². The summed E-state index contributed by atoms with van der Waals surface area (Å²) in [5.41, 5.74) is 7.01. The lowest BCUT2D eigenvalue weighted by Gasteiger charge is -2.13. The van der Waals surface area contributed by atoms with E-state index in [0.29, 0.717) is 6.61 Å². The van der Waals surface area contributed by atoms with Crippen LogP contribution in [0.4, 0.5) is 0 Å². The summed E-state index contributed by atoms with van der Waals surface area (Å²) < 4.78 is 11.1. The van der Waals surface area contributed by atoms with Crippen LogP contribution in [0.5, 0.6) is 5.75 Å². The Labute approximate surface area is 96.5 Å². The maximum Gasteiger partial charge on any atom is 0.124 e. The Bertz CT molecular complexity index is 332. The van der Waals surface area contributed by atoms with E-state index in [-0.39, 0.29) is 12.1 Å². The molecule has 0 aliphatic carbocycles. The molecule has 1 aliphatic rings. The Morgan fingerprint density at radius 1 is 1.56 bits per heavy atom. The van der Waals surface area contributed by atoms with E-state index in [1.54, 1.807) is 0 Å². The SMILES string of the molecule is CC(N)Cc1cccc(OC2CCOC2)c1. The van der Waals surface area contributed by atoms with Crippen LogP contribution in [0.3, 0.4) is 0 Å². The van der Waals surface area contributed by atoms with Crippen LogP contribution in [0, 0.1) is 0 Å². The van der Waals surface area contributed by atoms with Gasteiger partial charge in [0, 0.05) is 12.5 Å². The molecule has 0 bridgehead atoms. The van der Waals surface area contributed by atoms with Gasteiger partial charge in [-0.2, -0.15) is 0 Å². The zero-order chi connectivity index (χ0) is 11.4. The van der Waals surface area contributed by atoms with E-state index in [0.717, 1.165) is 25.2 Å². The minimum atomic E-state index is 0.185. The minimum absolute atomic E-state index is 0.185. The van der Waals surface area contributed by atoms with E-state index in [1.807, 2.05) is 19.1 Å². The molecule has 0 aromatic heterocycles. The third kappa shape index (κ3) is 3.22. The van der Waals surface area contributed by atoms with Crippen molar-refractivity contribution in [1.82, 2.24) is 0 Å². The lowest BCUT2D eigenvalue weighted by Crippen LogP contribution is -2.18. The van der Waals surface area contributed by atoms with E-state index in [9.17, 15) is 0 Å². The van der Waals surface area contributed by atoms with Gasteiger partial charge in [0.2, 0.25) is 0 Å². The fourth-order valence-electron chi connectivity index (χ4n) is 1.92. The molecule has 0 radical (unpaired) electrons. The van der Waals surface area contributed by atoms with E-state index in [4.69, 9.17) is 15.2 Å². The van der Waals surface area contributed by atoms with Crippen LogP contribution in [0.15, 0.2) is 24.3 Å². The van der Waals surface area contributed by atoms with Crippen molar-refractivity contribution in [1.29, 1.82) is 0 Å². The quantitative estimate of drug-likeness (QED) is 0.842. The maximum atomic E-state index is 5.83. The van der Waals surface area contributed by atoms with Crippen LogP contribution in [0.2, 0.25) is 0 Å². The molecule has 3 nitrogen and oxygen atoms in total. The second kappa shape index (κ2) is 5.32. The predicted molar refractivity (Wildman–Crippen MR) is 63.6 cm³/mol. The number of ether oxygens (including phenoxy) is 2. The highest BCUT2D eigenvalue weighted by atomic mass is 16.5. The largest absolute Gasteiger partial charge is 0.488 e. The lowest BCUT2D eigenvalue weighted by molar-refractivity contribution is 0.141. The molecule has 88 valence electrons. The van der Waals surface area contributed by atoms with E-state index >= 15 is 0 Å². The predicted octanol–water partition coefficient (Wildman–Crippen LogP) is 1.74. The van der Waals surface area contributed by atoms with Crippen LogP contribution in [0.25, 0.3) is 0 Å². The van der Waals surface area contributed by atoms with Crippen LogP contribution >= 0.6 is 0 Å². The number of hydrogen-bond acceptors (Lipinski definition) is 3. The van der Waals surface area contributed by atoms with Gasteiger partial charge in [-0.25, -0.2) is 0 Å². The fraction of sp³-hybridized carbons (Fsp3) is 0.538. The van der Waals surface area contributed by atoms with Crippen molar-refractivity contribution >= 4 is 0 Å². The van der Waals surface area contributed by atoms with Crippen molar-refractivity contribution in [3.63, 3.8) is 0 Å². The van der Waals surface area contributed by atoms with Crippen LogP contribution in [-0.2, 0) is 11.2 Å². The van der Waals surface area contributed by atoms with E-state index in [1.165, 1.54) is 5.56 Å². The monoisotopic (exact) mass is 221 g/mol. The first kappa shape index (κ1) is 11.4. The summed E-state index contributed by atoms with van der Waals surface area (Å²) in [6.45, 7) is 3.53. The molecular weight excluding hydrogens is 202 g/mol. The average Bonchev–Trinajstić information content (AvgIpc) is 2.70. The summed E-state index contributed by atoms with van der Waals surface area (Å²) in [5, 5.41) is 0. The fourth-order valence-corrected chi connectivity index (χ4v) is 1.92. The number of benzene rings is 1. The molecule has 1 aromatic carbocycles. The van der Waals surface area contributed by atoms with Gasteiger partial charge in [0.15, 0.2) is 0 Å². The molecule has 1 saturated heterocycles. The Morgan fingerprint density at radius 2 is 2.44 bits per heavy atom. The molecule has 16 heavy (non-hydrogen) atoms. The molecule has 2 unspecified atom stereocenters. The maximum absolute atomic E-state index is 5.83. The zero-order valence-corrected chi connectivity index (χ0v) is 9.69. The molecule has 1 aromatic rings. The van der Waals surface area contributed by atoms with Crippen LogP contribution in [-0.4, -0.2) is 25.4 Å². The second-order valence-corrected chi connectivity index (χ2v) is 4.43. The van der Waals surface area contributed by atoms with Gasteiger partial charge in [-0.05, 0) is 31.0 Å². The van der Waals surface area contributed by atoms with Crippen molar-refractivity contribution < 1.29 is 9.47 Å². The molecule has 1 fully saturated rings. The summed E-state index contributed by atoms with van der Waals surface area (Å²) in [4.78, 5) is 0. The highest BCUT2D eigenvalue weighted by molar-refractivity contribution is 5.29. The minimum Gasteiger partial charge on any atom is -0.488 e. The van der Waals surface area contributed by atoms with Crippen molar-refractivity contribution in [3.8, 4) is 5.75 Å². The Balaban J connectivity index is 1.97. The molecular formula is C13H19NO2. The van der Waals surface area contributed by atoms with Gasteiger partial charge in [0.05, 0.1) is 13.2 Å². The number of rotatable bonds is 4. The van der Waals surface area contributed by atoms with Crippen LogP contribution in [0.1, 0.15) is 18.9 Å². The molecule has 0 amide bonds. The Morgan fingerprint density at radius 3 is 3.12 bits per heavy atom. The third-order valence-corrected chi connectivity index (χ3v) is 2.65. The van der Waals surface area contributed by atoms with Gasteiger partial charge in [-0.3, -0.25) is 0 Å². The smallest absolute Gasteiger partial charge is 0.124 e. The number of hydrogen-bond donors (Lipinski definition) is 1. The Hall–Kier alpha value is -1.06. The average molecular weight is 221 g/mol. The topological polar surface area (TPSA) is 44.5 Å². The molecule has 2 atom stereocenters. The van der Waals surface area contributed by atoms with E-state index in [2.05, 4.69) is 12.1 Å². The third-order valence-electron chi connectivity index (χ3n) is 2.65. The highest BCUT2D eigenvalue weighted by Gasteiger charge is 2.17. The molecule has 3 heteroatoms. The van der Waals surface area contributed by atoms with Crippen LogP contribution < -0.4 is 10.5 Å². The summed E-state index contributed by atoms with van der Waals surface area (Å²) in [5.74, 6) is 0.925. The molecule has 0 saturated carbocycles. The van der Waals surface area contributed by atoms with Crippen molar-refractivity contribution in [2.24, 2.45) is 5.73 Å². The molecule has 2 rings (SSSR count). The second-order valence-electron chi connectivity index (χ2n) is 4.43. The van der Waals surface area contributed by atoms with Gasteiger partial charge >= 0.3 is 0 Å². The lowest BCUT2D eigenvalue weighted by atomic mass is 10.1. The standard InChI is InChI=1S/C13H19NO2/c1-10(14)7-11-3-2-4-12(8-11)16-13-5-6-15-9-13/h2-4,8,10,13H,5-7,9,14H2,1H3. The summed E-state index contributed by atoms with van der Waals surface area (Å²) in [7, 11) is 0. The normalized spacial score (nSPS) is 22.0. The number of nitrogens with two attached hydrogens (primary N) is 1. The van der Waals surface area contributed by atoms with Gasteiger partial charge in [-0.15, -0.1) is 0 Å². The summed E-state index contributed by atoms with van der Waals surface area (Å²) >= 11 is 0. The van der Waals surface area contributed by atoms with Gasteiger partial charge in [0.25, 0.3) is 0 Å². The molecule has 0 spiro atoms. The van der Waals surface area contributed by atoms with Gasteiger partial charge in [-0.1, -0.05) is 12.1 Å². The first-order valence-electron chi connectivity index (χ1n) is 5.83. The molecule has 1 heterocycles. The summed E-state index contributed by atoms with van der Waals surface area (Å²) in [6.07, 6.45) is 2.08.